The van der Waals surface area contributed by atoms with E-state index in [2.05, 4.69) is 22.9 Å². The fourth-order valence-corrected chi connectivity index (χ4v) is 4.29. The van der Waals surface area contributed by atoms with E-state index in [0.717, 1.165) is 36.6 Å². The normalized spacial score (nSPS) is 49.0. The first-order valence-electron chi connectivity index (χ1n) is 7.59. The van der Waals surface area contributed by atoms with E-state index in [-0.39, 0.29) is 6.61 Å². The molecule has 3 saturated heterocycles. The second-order valence-corrected chi connectivity index (χ2v) is 6.60. The summed E-state index contributed by atoms with van der Waals surface area (Å²) < 4.78 is 0. The summed E-state index contributed by atoms with van der Waals surface area (Å²) in [6, 6.07) is 0.306. The molecule has 0 amide bonds. The highest BCUT2D eigenvalue weighted by Gasteiger charge is 2.43. The number of nitrogens with one attached hydrogen (secondary N) is 3. The van der Waals surface area contributed by atoms with Gasteiger partial charge >= 0.3 is 0 Å². The lowest BCUT2D eigenvalue weighted by Gasteiger charge is -2.39. The Morgan fingerprint density at radius 2 is 2.00 bits per heavy atom. The van der Waals surface area contributed by atoms with Crippen molar-refractivity contribution in [3.05, 3.63) is 0 Å². The number of aliphatic hydroxyl groups is 1. The molecule has 3 heterocycles. The highest BCUT2D eigenvalue weighted by atomic mass is 16.3. The van der Waals surface area contributed by atoms with Gasteiger partial charge in [0.25, 0.3) is 0 Å². The van der Waals surface area contributed by atoms with E-state index in [0.29, 0.717) is 12.2 Å². The zero-order valence-electron chi connectivity index (χ0n) is 11.4. The molecule has 3 fully saturated rings. The third-order valence-electron chi connectivity index (χ3n) is 5.25. The molecule has 0 aliphatic carbocycles. The zero-order valence-corrected chi connectivity index (χ0v) is 11.4. The van der Waals surface area contributed by atoms with Crippen LogP contribution in [0, 0.1) is 23.7 Å². The Labute approximate surface area is 110 Å². The molecule has 0 radical (unpaired) electrons. The Balaban J connectivity index is 1.62. The van der Waals surface area contributed by atoms with Crippen molar-refractivity contribution < 1.29 is 5.11 Å². The van der Waals surface area contributed by atoms with Gasteiger partial charge in [-0.2, -0.15) is 0 Å². The molecule has 0 bridgehead atoms. The van der Waals surface area contributed by atoms with Crippen LogP contribution in [0.3, 0.4) is 0 Å². The van der Waals surface area contributed by atoms with Crippen molar-refractivity contribution in [2.75, 3.05) is 26.2 Å². The molecule has 104 valence electrons. The minimum atomic E-state index is 0.275. The molecule has 4 N–H and O–H groups in total. The quantitative estimate of drug-likeness (QED) is 0.565. The van der Waals surface area contributed by atoms with E-state index in [9.17, 15) is 5.11 Å². The smallest absolute Gasteiger partial charge is 0.0607 e. The number of aliphatic hydroxyl groups excluding tert-OH is 1. The monoisotopic (exact) mass is 253 g/mol. The first-order chi connectivity index (χ1) is 8.78. The fourth-order valence-electron chi connectivity index (χ4n) is 4.29. The molecule has 18 heavy (non-hydrogen) atoms. The van der Waals surface area contributed by atoms with Crippen LogP contribution in [-0.4, -0.2) is 43.6 Å². The van der Waals surface area contributed by atoms with Crippen LogP contribution < -0.4 is 16.0 Å². The van der Waals surface area contributed by atoms with Crippen LogP contribution >= 0.6 is 0 Å². The van der Waals surface area contributed by atoms with Crippen LogP contribution in [0.15, 0.2) is 0 Å². The first-order valence-corrected chi connectivity index (χ1v) is 7.59. The molecule has 0 saturated carbocycles. The summed E-state index contributed by atoms with van der Waals surface area (Å²) in [4.78, 5) is 0. The van der Waals surface area contributed by atoms with Crippen molar-refractivity contribution in [3.8, 4) is 0 Å². The van der Waals surface area contributed by atoms with Gasteiger partial charge in [0.1, 0.15) is 0 Å². The standard InChI is InChI=1S/C14H27N3O/c1-9-4-10(6-15-5-9)13-7-16-14-12(13)3-2-11(8-18)17-14/h9-18H,2-8H2,1H3/t9-,10?,11?,12?,13?,14?/m1/s1. The number of fused-ring (bicyclic) bond motifs is 1. The van der Waals surface area contributed by atoms with Crippen LogP contribution in [-0.2, 0) is 0 Å². The third-order valence-corrected chi connectivity index (χ3v) is 5.25. The molecule has 3 aliphatic heterocycles. The minimum absolute atomic E-state index is 0.275. The Kier molecular flexibility index (Phi) is 3.89. The molecule has 6 atom stereocenters. The lowest BCUT2D eigenvalue weighted by Crippen LogP contribution is -2.53. The second kappa shape index (κ2) is 5.45. The second-order valence-electron chi connectivity index (χ2n) is 6.60. The first kappa shape index (κ1) is 12.9. The lowest BCUT2D eigenvalue weighted by atomic mass is 9.74. The largest absolute Gasteiger partial charge is 0.395 e. The minimum Gasteiger partial charge on any atom is -0.395 e. The topological polar surface area (TPSA) is 56.3 Å². The SMILES string of the molecule is C[C@H]1CNCC(C2CNC3NC(CO)CCC32)C1. The van der Waals surface area contributed by atoms with Gasteiger partial charge in [-0.1, -0.05) is 6.92 Å². The molecule has 3 aliphatic rings. The van der Waals surface area contributed by atoms with Crippen molar-refractivity contribution in [2.24, 2.45) is 23.7 Å². The molecule has 0 aromatic carbocycles. The summed E-state index contributed by atoms with van der Waals surface area (Å²) in [6.45, 7) is 6.18. The predicted octanol–water partition coefficient (Wildman–Crippen LogP) is 0.138. The highest BCUT2D eigenvalue weighted by molar-refractivity contribution is 4.98. The number of piperidine rings is 2. The summed E-state index contributed by atoms with van der Waals surface area (Å²) in [5, 5.41) is 20.0. The maximum absolute atomic E-state index is 9.26. The Hall–Kier alpha value is -0.160. The van der Waals surface area contributed by atoms with E-state index in [1.807, 2.05) is 0 Å². The van der Waals surface area contributed by atoms with E-state index in [1.165, 1.54) is 25.9 Å². The van der Waals surface area contributed by atoms with E-state index in [1.54, 1.807) is 0 Å². The zero-order chi connectivity index (χ0) is 12.5. The molecule has 5 unspecified atom stereocenters. The Bertz CT molecular complexity index is 286. The molecular weight excluding hydrogens is 226 g/mol. The summed E-state index contributed by atoms with van der Waals surface area (Å²) in [6.07, 6.45) is 4.22. The number of rotatable bonds is 2. The van der Waals surface area contributed by atoms with Crippen LogP contribution in [0.1, 0.15) is 26.2 Å². The molecule has 4 nitrogen and oxygen atoms in total. The Morgan fingerprint density at radius 3 is 2.78 bits per heavy atom. The fraction of sp³-hybridized carbons (Fsp3) is 1.00. The van der Waals surface area contributed by atoms with Gasteiger partial charge in [0, 0.05) is 12.6 Å². The maximum atomic E-state index is 9.26. The number of hydrogen-bond donors (Lipinski definition) is 4. The summed E-state index contributed by atoms with van der Waals surface area (Å²) in [5.41, 5.74) is 0. The van der Waals surface area contributed by atoms with Crippen molar-refractivity contribution >= 4 is 0 Å². The van der Waals surface area contributed by atoms with Crippen LogP contribution in [0.5, 0.6) is 0 Å². The average Bonchev–Trinajstić information content (AvgIpc) is 2.81. The molecular formula is C14H27N3O. The molecule has 0 aromatic rings. The molecule has 0 spiro atoms. The predicted molar refractivity (Wildman–Crippen MR) is 72.2 cm³/mol. The van der Waals surface area contributed by atoms with E-state index in [4.69, 9.17) is 0 Å². The van der Waals surface area contributed by atoms with Gasteiger partial charge in [-0.05, 0) is 56.0 Å². The summed E-state index contributed by atoms with van der Waals surface area (Å²) in [5.74, 6) is 3.25. The summed E-state index contributed by atoms with van der Waals surface area (Å²) >= 11 is 0. The van der Waals surface area contributed by atoms with Gasteiger partial charge in [-0.3, -0.25) is 5.32 Å². The summed E-state index contributed by atoms with van der Waals surface area (Å²) in [7, 11) is 0. The van der Waals surface area contributed by atoms with Gasteiger partial charge in [0.05, 0.1) is 12.8 Å². The molecule has 4 heteroatoms. The van der Waals surface area contributed by atoms with Gasteiger partial charge in [0.15, 0.2) is 0 Å². The molecule has 0 aromatic heterocycles. The van der Waals surface area contributed by atoms with Crippen molar-refractivity contribution in [1.29, 1.82) is 0 Å². The highest BCUT2D eigenvalue weighted by Crippen LogP contribution is 2.37. The van der Waals surface area contributed by atoms with Crippen molar-refractivity contribution in [2.45, 2.75) is 38.4 Å². The maximum Gasteiger partial charge on any atom is 0.0607 e. The van der Waals surface area contributed by atoms with Crippen LogP contribution in [0.4, 0.5) is 0 Å². The van der Waals surface area contributed by atoms with E-state index < -0.39 is 0 Å². The number of hydrogen-bond acceptors (Lipinski definition) is 4. The molecule has 3 rings (SSSR count). The van der Waals surface area contributed by atoms with Gasteiger partial charge < -0.3 is 15.7 Å². The average molecular weight is 253 g/mol. The van der Waals surface area contributed by atoms with Crippen molar-refractivity contribution in [1.82, 2.24) is 16.0 Å². The third kappa shape index (κ3) is 2.44. The van der Waals surface area contributed by atoms with E-state index >= 15 is 0 Å². The van der Waals surface area contributed by atoms with Crippen molar-refractivity contribution in [3.63, 3.8) is 0 Å². The van der Waals surface area contributed by atoms with Gasteiger partial charge in [0.2, 0.25) is 0 Å². The lowest BCUT2D eigenvalue weighted by molar-refractivity contribution is 0.123. The van der Waals surface area contributed by atoms with Gasteiger partial charge in [-0.15, -0.1) is 0 Å². The van der Waals surface area contributed by atoms with Gasteiger partial charge in [-0.25, -0.2) is 0 Å². The van der Waals surface area contributed by atoms with Crippen LogP contribution in [0.25, 0.3) is 0 Å². The Morgan fingerprint density at radius 1 is 1.11 bits per heavy atom. The van der Waals surface area contributed by atoms with Crippen LogP contribution in [0.2, 0.25) is 0 Å².